The van der Waals surface area contributed by atoms with Crippen molar-refractivity contribution in [3.8, 4) is 0 Å². The topological polar surface area (TPSA) is 41.1 Å². The standard InChI is InChI=1S/C18H23F3N2O/c19-18(20,21)15-6-4-5-14(11-15)17(8-2-1-3-9-17)23-16(24)13-7-10-22-12-13/h4-6,11,13,22H,1-3,7-10,12H2,(H,23,24). The number of nitrogens with one attached hydrogen (secondary N) is 2. The second kappa shape index (κ2) is 6.75. The molecule has 1 aromatic rings. The molecule has 0 aromatic heterocycles. The fraction of sp³-hybridized carbons (Fsp3) is 0.611. The maximum Gasteiger partial charge on any atom is 0.416 e. The summed E-state index contributed by atoms with van der Waals surface area (Å²) < 4.78 is 39.2. The first-order chi connectivity index (χ1) is 11.4. The van der Waals surface area contributed by atoms with Crippen molar-refractivity contribution in [3.63, 3.8) is 0 Å². The minimum absolute atomic E-state index is 0.0423. The quantitative estimate of drug-likeness (QED) is 0.883. The second-order valence-electron chi connectivity index (χ2n) is 6.90. The summed E-state index contributed by atoms with van der Waals surface area (Å²) in [5.74, 6) is -0.131. The van der Waals surface area contributed by atoms with Gasteiger partial charge in [-0.3, -0.25) is 4.79 Å². The highest BCUT2D eigenvalue weighted by Crippen LogP contribution is 2.40. The molecule has 1 saturated carbocycles. The lowest BCUT2D eigenvalue weighted by Crippen LogP contribution is -2.49. The van der Waals surface area contributed by atoms with Crippen LogP contribution in [0.5, 0.6) is 0 Å². The summed E-state index contributed by atoms with van der Waals surface area (Å²) in [7, 11) is 0. The summed E-state index contributed by atoms with van der Waals surface area (Å²) >= 11 is 0. The van der Waals surface area contributed by atoms with E-state index in [1.807, 2.05) is 0 Å². The van der Waals surface area contributed by atoms with Crippen LogP contribution in [0.4, 0.5) is 13.2 Å². The molecule has 1 heterocycles. The van der Waals surface area contributed by atoms with E-state index in [-0.39, 0.29) is 11.8 Å². The van der Waals surface area contributed by atoms with Crippen molar-refractivity contribution in [2.45, 2.75) is 50.2 Å². The average Bonchev–Trinajstić information content (AvgIpc) is 3.10. The van der Waals surface area contributed by atoms with Gasteiger partial charge in [-0.05, 0) is 43.5 Å². The van der Waals surface area contributed by atoms with Crippen molar-refractivity contribution in [1.29, 1.82) is 0 Å². The summed E-state index contributed by atoms with van der Waals surface area (Å²) in [6.45, 7) is 1.46. The zero-order valence-corrected chi connectivity index (χ0v) is 13.6. The lowest BCUT2D eigenvalue weighted by atomic mass is 9.76. The molecule has 3 rings (SSSR count). The van der Waals surface area contributed by atoms with Gasteiger partial charge >= 0.3 is 6.18 Å². The molecule has 3 nitrogen and oxygen atoms in total. The van der Waals surface area contributed by atoms with E-state index in [4.69, 9.17) is 0 Å². The van der Waals surface area contributed by atoms with Gasteiger partial charge in [-0.1, -0.05) is 31.4 Å². The first kappa shape index (κ1) is 17.3. The van der Waals surface area contributed by atoms with Gasteiger partial charge in [0.05, 0.1) is 17.0 Å². The van der Waals surface area contributed by atoms with Crippen LogP contribution in [0.1, 0.15) is 49.7 Å². The fourth-order valence-electron chi connectivity index (χ4n) is 3.85. The van der Waals surface area contributed by atoms with E-state index in [0.717, 1.165) is 38.3 Å². The first-order valence-electron chi connectivity index (χ1n) is 8.61. The van der Waals surface area contributed by atoms with Crippen molar-refractivity contribution in [1.82, 2.24) is 10.6 Å². The SMILES string of the molecule is O=C(NC1(c2cccc(C(F)(F)F)c2)CCCCC1)C1CCNC1. The predicted molar refractivity (Wildman–Crippen MR) is 85.3 cm³/mol. The van der Waals surface area contributed by atoms with E-state index in [9.17, 15) is 18.0 Å². The Kier molecular flexibility index (Phi) is 4.85. The van der Waals surface area contributed by atoms with Gasteiger partial charge < -0.3 is 10.6 Å². The zero-order valence-electron chi connectivity index (χ0n) is 13.6. The molecule has 0 spiro atoms. The summed E-state index contributed by atoms with van der Waals surface area (Å²) in [4.78, 5) is 12.6. The number of hydrogen-bond acceptors (Lipinski definition) is 2. The minimum Gasteiger partial charge on any atom is -0.346 e. The molecule has 1 saturated heterocycles. The molecule has 1 aromatic carbocycles. The molecule has 1 atom stereocenters. The van der Waals surface area contributed by atoms with E-state index in [1.54, 1.807) is 6.07 Å². The Balaban J connectivity index is 1.89. The van der Waals surface area contributed by atoms with Crippen molar-refractivity contribution < 1.29 is 18.0 Å². The van der Waals surface area contributed by atoms with E-state index < -0.39 is 17.3 Å². The Labute approximate surface area is 140 Å². The fourth-order valence-corrected chi connectivity index (χ4v) is 3.85. The predicted octanol–water partition coefficient (Wildman–Crippen LogP) is 3.59. The molecule has 0 radical (unpaired) electrons. The van der Waals surface area contributed by atoms with Gasteiger partial charge in [-0.25, -0.2) is 0 Å². The summed E-state index contributed by atoms with van der Waals surface area (Å²) in [6, 6.07) is 5.45. The highest BCUT2D eigenvalue weighted by molar-refractivity contribution is 5.80. The second-order valence-corrected chi connectivity index (χ2v) is 6.90. The molecule has 0 bridgehead atoms. The van der Waals surface area contributed by atoms with Gasteiger partial charge in [-0.15, -0.1) is 0 Å². The van der Waals surface area contributed by atoms with Gasteiger partial charge in [0.15, 0.2) is 0 Å². The van der Waals surface area contributed by atoms with Crippen LogP contribution in [-0.4, -0.2) is 19.0 Å². The van der Waals surface area contributed by atoms with E-state index >= 15 is 0 Å². The average molecular weight is 340 g/mol. The molecule has 6 heteroatoms. The monoisotopic (exact) mass is 340 g/mol. The highest BCUT2D eigenvalue weighted by atomic mass is 19.4. The molecule has 1 amide bonds. The number of benzene rings is 1. The third kappa shape index (κ3) is 3.58. The molecule has 1 aliphatic carbocycles. The smallest absolute Gasteiger partial charge is 0.346 e. The number of alkyl halides is 3. The molecular formula is C18H23F3N2O. The lowest BCUT2D eigenvalue weighted by Gasteiger charge is -2.39. The molecule has 2 aliphatic rings. The van der Waals surface area contributed by atoms with Crippen LogP contribution >= 0.6 is 0 Å². The number of amides is 1. The number of hydrogen-bond donors (Lipinski definition) is 2. The first-order valence-corrected chi connectivity index (χ1v) is 8.61. The third-order valence-electron chi connectivity index (χ3n) is 5.24. The van der Waals surface area contributed by atoms with Crippen molar-refractivity contribution >= 4 is 5.91 Å². The maximum absolute atomic E-state index is 13.1. The Morgan fingerprint density at radius 2 is 1.96 bits per heavy atom. The Morgan fingerprint density at radius 3 is 2.58 bits per heavy atom. The summed E-state index contributed by atoms with van der Waals surface area (Å²) in [5, 5.41) is 6.29. The van der Waals surface area contributed by atoms with Gasteiger partial charge in [0.25, 0.3) is 0 Å². The van der Waals surface area contributed by atoms with Crippen LogP contribution < -0.4 is 10.6 Å². The van der Waals surface area contributed by atoms with E-state index in [2.05, 4.69) is 10.6 Å². The molecule has 2 N–H and O–H groups in total. The van der Waals surface area contributed by atoms with Crippen LogP contribution in [0.2, 0.25) is 0 Å². The molecular weight excluding hydrogens is 317 g/mol. The van der Waals surface area contributed by atoms with Crippen LogP contribution in [0.15, 0.2) is 24.3 Å². The van der Waals surface area contributed by atoms with Crippen molar-refractivity contribution in [2.24, 2.45) is 5.92 Å². The van der Waals surface area contributed by atoms with Crippen LogP contribution in [0.25, 0.3) is 0 Å². The zero-order chi connectivity index (χ0) is 17.2. The summed E-state index contributed by atoms with van der Waals surface area (Å²) in [5.41, 5.74) is -0.739. The third-order valence-corrected chi connectivity index (χ3v) is 5.24. The lowest BCUT2D eigenvalue weighted by molar-refractivity contribution is -0.137. The molecule has 1 aliphatic heterocycles. The largest absolute Gasteiger partial charge is 0.416 e. The van der Waals surface area contributed by atoms with Crippen LogP contribution in [-0.2, 0) is 16.5 Å². The summed E-state index contributed by atoms with van der Waals surface area (Å²) in [6.07, 6.45) is 0.691. The molecule has 24 heavy (non-hydrogen) atoms. The maximum atomic E-state index is 13.1. The molecule has 2 fully saturated rings. The number of carbonyl (C=O) groups is 1. The van der Waals surface area contributed by atoms with Crippen molar-refractivity contribution in [2.75, 3.05) is 13.1 Å². The number of halogens is 3. The van der Waals surface area contributed by atoms with Crippen molar-refractivity contribution in [3.05, 3.63) is 35.4 Å². The molecule has 1 unspecified atom stereocenters. The van der Waals surface area contributed by atoms with E-state index in [1.165, 1.54) is 12.1 Å². The van der Waals surface area contributed by atoms with Crippen LogP contribution in [0.3, 0.4) is 0 Å². The molecule has 132 valence electrons. The Bertz CT molecular complexity index is 588. The normalized spacial score (nSPS) is 23.9. The number of carbonyl (C=O) groups excluding carboxylic acids is 1. The Hall–Kier alpha value is -1.56. The van der Waals surface area contributed by atoms with Gasteiger partial charge in [-0.2, -0.15) is 13.2 Å². The van der Waals surface area contributed by atoms with Gasteiger partial charge in [0, 0.05) is 6.54 Å². The highest BCUT2D eigenvalue weighted by Gasteiger charge is 2.39. The van der Waals surface area contributed by atoms with Gasteiger partial charge in [0.2, 0.25) is 5.91 Å². The van der Waals surface area contributed by atoms with Gasteiger partial charge in [0.1, 0.15) is 0 Å². The number of rotatable bonds is 3. The minimum atomic E-state index is -4.37. The van der Waals surface area contributed by atoms with E-state index in [0.29, 0.717) is 24.9 Å². The van der Waals surface area contributed by atoms with Crippen LogP contribution in [0, 0.1) is 5.92 Å². The Morgan fingerprint density at radius 1 is 1.21 bits per heavy atom.